The molecule has 0 aromatic rings. The molecule has 0 amide bonds. The zero-order valence-corrected chi connectivity index (χ0v) is 51.3. The average molecular weight is 1090 g/mol. The average Bonchev–Trinajstić information content (AvgIpc) is 3.45. The summed E-state index contributed by atoms with van der Waals surface area (Å²) in [7, 11) is 0. The lowest BCUT2D eigenvalue weighted by molar-refractivity contribution is -0.167. The van der Waals surface area contributed by atoms with Crippen molar-refractivity contribution < 1.29 is 28.6 Å². The molecular formula is C73H120O6. The standard InChI is InChI=1S/C73H120O6/c1-4-7-10-13-16-19-22-25-27-29-31-33-35-36-38-39-41-43-45-48-51-54-57-60-63-66-72(75)78-69-70(68-77-71(74)65-62-59-56-53-50-47-24-21-18-15-12-9-6-3)79-73(76)67-64-61-58-55-52-49-46-44-42-40-37-34-32-30-28-26-23-20-17-14-11-8-5-2/h8-9,11-12,17-18,20-21,26,28-29,31-32,34,40,42,46-47,49-50,55,58,70H,4-7,10,13-16,19,22-25,27,30,33,35-39,41,43-45,48,51-54,56-57,59-69H2,1-3H3/b11-8-,12-9-,20-17-,21-18-,28-26-,31-29-,34-32-,42-40-,49-46-,50-47-,58-55-. The van der Waals surface area contributed by atoms with Crippen LogP contribution in [0.2, 0.25) is 0 Å². The highest BCUT2D eigenvalue weighted by atomic mass is 16.6. The fourth-order valence-corrected chi connectivity index (χ4v) is 8.79. The van der Waals surface area contributed by atoms with Gasteiger partial charge in [-0.2, -0.15) is 0 Å². The van der Waals surface area contributed by atoms with Gasteiger partial charge in [0.05, 0.1) is 0 Å². The maximum Gasteiger partial charge on any atom is 0.306 e. The van der Waals surface area contributed by atoms with Crippen LogP contribution >= 0.6 is 0 Å². The van der Waals surface area contributed by atoms with E-state index in [0.717, 1.165) is 116 Å². The summed E-state index contributed by atoms with van der Waals surface area (Å²) in [6.07, 6.45) is 93.4. The van der Waals surface area contributed by atoms with Crippen LogP contribution in [-0.2, 0) is 28.6 Å². The fourth-order valence-electron chi connectivity index (χ4n) is 8.79. The van der Waals surface area contributed by atoms with Gasteiger partial charge >= 0.3 is 17.9 Å². The maximum absolute atomic E-state index is 12.9. The number of esters is 3. The predicted molar refractivity (Wildman–Crippen MR) is 343 cm³/mol. The van der Waals surface area contributed by atoms with Crippen molar-refractivity contribution in [2.45, 2.75) is 297 Å². The van der Waals surface area contributed by atoms with Gasteiger partial charge in [-0.15, -0.1) is 0 Å². The molecule has 0 spiro atoms. The van der Waals surface area contributed by atoms with E-state index in [1.165, 1.54) is 128 Å². The van der Waals surface area contributed by atoms with E-state index in [-0.39, 0.29) is 37.5 Å². The van der Waals surface area contributed by atoms with Crippen molar-refractivity contribution in [3.63, 3.8) is 0 Å². The SMILES string of the molecule is CC/C=C\C/C=C\C/C=C\C/C=C\C/C=C\C/C=C\C/C=C\CCCC(=O)OC(COC(=O)CCCCC/C=C\C/C=C\C/C=C\CC)COC(=O)CCCCCCCCCCCCCCC/C=C\CCCCCCCCCC. The number of ether oxygens (including phenoxy) is 3. The third-order valence-electron chi connectivity index (χ3n) is 13.6. The maximum atomic E-state index is 12.9. The molecule has 6 nitrogen and oxygen atoms in total. The van der Waals surface area contributed by atoms with E-state index in [1.54, 1.807) is 0 Å². The summed E-state index contributed by atoms with van der Waals surface area (Å²) in [4.78, 5) is 38.3. The number of carbonyl (C=O) groups excluding carboxylic acids is 3. The van der Waals surface area contributed by atoms with Gasteiger partial charge in [-0.1, -0.05) is 276 Å². The number of rotatable bonds is 58. The van der Waals surface area contributed by atoms with E-state index < -0.39 is 6.10 Å². The minimum absolute atomic E-state index is 0.114. The highest BCUT2D eigenvalue weighted by Gasteiger charge is 2.19. The van der Waals surface area contributed by atoms with Crippen LogP contribution in [0.4, 0.5) is 0 Å². The van der Waals surface area contributed by atoms with Gasteiger partial charge in [0.25, 0.3) is 0 Å². The predicted octanol–water partition coefficient (Wildman–Crippen LogP) is 22.5. The van der Waals surface area contributed by atoms with Gasteiger partial charge in [-0.3, -0.25) is 14.4 Å². The van der Waals surface area contributed by atoms with Crippen LogP contribution in [0.3, 0.4) is 0 Å². The second kappa shape index (κ2) is 66.1. The van der Waals surface area contributed by atoms with Gasteiger partial charge in [0.2, 0.25) is 0 Å². The second-order valence-electron chi connectivity index (χ2n) is 21.3. The Labute approximate surface area is 487 Å². The molecule has 0 bridgehead atoms. The summed E-state index contributed by atoms with van der Waals surface area (Å²) in [5, 5.41) is 0. The molecule has 0 aliphatic heterocycles. The van der Waals surface area contributed by atoms with E-state index in [2.05, 4.69) is 154 Å². The molecule has 0 aromatic carbocycles. The molecule has 1 unspecified atom stereocenters. The van der Waals surface area contributed by atoms with Crippen molar-refractivity contribution in [1.29, 1.82) is 0 Å². The molecular weight excluding hydrogens is 973 g/mol. The van der Waals surface area contributed by atoms with E-state index in [1.807, 2.05) is 0 Å². The van der Waals surface area contributed by atoms with Gasteiger partial charge in [-0.05, 0) is 128 Å². The lowest BCUT2D eigenvalue weighted by atomic mass is 10.0. The first-order valence-electron chi connectivity index (χ1n) is 32.7. The van der Waals surface area contributed by atoms with Crippen molar-refractivity contribution in [1.82, 2.24) is 0 Å². The van der Waals surface area contributed by atoms with E-state index >= 15 is 0 Å². The Morgan fingerprint density at radius 1 is 0.266 bits per heavy atom. The quantitative estimate of drug-likeness (QED) is 0.0261. The second-order valence-corrected chi connectivity index (χ2v) is 21.3. The van der Waals surface area contributed by atoms with E-state index in [0.29, 0.717) is 19.3 Å². The molecule has 0 aromatic heterocycles. The van der Waals surface area contributed by atoms with Crippen molar-refractivity contribution in [2.75, 3.05) is 13.2 Å². The summed E-state index contributed by atoms with van der Waals surface area (Å²) < 4.78 is 16.8. The molecule has 448 valence electrons. The van der Waals surface area contributed by atoms with Gasteiger partial charge in [0.1, 0.15) is 13.2 Å². The first-order chi connectivity index (χ1) is 39.0. The lowest BCUT2D eigenvalue weighted by Gasteiger charge is -2.18. The molecule has 1 atom stereocenters. The Bertz CT molecular complexity index is 1680. The molecule has 0 N–H and O–H groups in total. The Morgan fingerprint density at radius 2 is 0.506 bits per heavy atom. The Morgan fingerprint density at radius 3 is 0.835 bits per heavy atom. The van der Waals surface area contributed by atoms with Crippen LogP contribution in [-0.4, -0.2) is 37.2 Å². The highest BCUT2D eigenvalue weighted by molar-refractivity contribution is 5.71. The van der Waals surface area contributed by atoms with Gasteiger partial charge in [-0.25, -0.2) is 0 Å². The summed E-state index contributed by atoms with van der Waals surface area (Å²) in [5.41, 5.74) is 0. The molecule has 6 heteroatoms. The third-order valence-corrected chi connectivity index (χ3v) is 13.6. The smallest absolute Gasteiger partial charge is 0.306 e. The highest BCUT2D eigenvalue weighted by Crippen LogP contribution is 2.16. The van der Waals surface area contributed by atoms with E-state index in [9.17, 15) is 14.4 Å². The fraction of sp³-hybridized carbons (Fsp3) is 0.658. The number of hydrogen-bond acceptors (Lipinski definition) is 6. The third kappa shape index (κ3) is 64.3. The molecule has 0 saturated carbocycles. The van der Waals surface area contributed by atoms with Crippen molar-refractivity contribution in [3.8, 4) is 0 Å². The first kappa shape index (κ1) is 74.5. The van der Waals surface area contributed by atoms with Gasteiger partial charge in [0.15, 0.2) is 6.10 Å². The van der Waals surface area contributed by atoms with Crippen molar-refractivity contribution >= 4 is 17.9 Å². The van der Waals surface area contributed by atoms with Crippen LogP contribution in [0.25, 0.3) is 0 Å². The Hall–Kier alpha value is -4.45. The molecule has 79 heavy (non-hydrogen) atoms. The van der Waals surface area contributed by atoms with Crippen LogP contribution in [0.1, 0.15) is 290 Å². The Balaban J connectivity index is 4.43. The first-order valence-corrected chi connectivity index (χ1v) is 32.7. The zero-order valence-electron chi connectivity index (χ0n) is 51.3. The molecule has 0 radical (unpaired) electrons. The molecule has 0 rings (SSSR count). The van der Waals surface area contributed by atoms with E-state index in [4.69, 9.17) is 14.2 Å². The summed E-state index contributed by atoms with van der Waals surface area (Å²) in [6.45, 7) is 6.35. The van der Waals surface area contributed by atoms with Crippen LogP contribution in [0.15, 0.2) is 134 Å². The van der Waals surface area contributed by atoms with Crippen molar-refractivity contribution in [2.24, 2.45) is 0 Å². The van der Waals surface area contributed by atoms with Crippen molar-refractivity contribution in [3.05, 3.63) is 134 Å². The summed E-state index contributed by atoms with van der Waals surface area (Å²) >= 11 is 0. The summed E-state index contributed by atoms with van der Waals surface area (Å²) in [5.74, 6) is -1.00. The largest absolute Gasteiger partial charge is 0.462 e. The number of carbonyl (C=O) groups is 3. The number of hydrogen-bond donors (Lipinski definition) is 0. The van der Waals surface area contributed by atoms with Crippen LogP contribution in [0.5, 0.6) is 0 Å². The molecule has 0 aliphatic carbocycles. The molecule has 0 fully saturated rings. The monoisotopic (exact) mass is 1090 g/mol. The van der Waals surface area contributed by atoms with Gasteiger partial charge in [0, 0.05) is 19.3 Å². The van der Waals surface area contributed by atoms with Gasteiger partial charge < -0.3 is 14.2 Å². The molecule has 0 heterocycles. The normalized spacial score (nSPS) is 13.0. The molecule has 0 saturated heterocycles. The molecule has 0 aliphatic rings. The van der Waals surface area contributed by atoms with Crippen LogP contribution < -0.4 is 0 Å². The summed E-state index contributed by atoms with van der Waals surface area (Å²) in [6, 6.07) is 0. The Kier molecular flexibility index (Phi) is 62.3. The minimum Gasteiger partial charge on any atom is -0.462 e. The topological polar surface area (TPSA) is 78.9 Å². The van der Waals surface area contributed by atoms with Crippen LogP contribution in [0, 0.1) is 0 Å². The lowest BCUT2D eigenvalue weighted by Crippen LogP contribution is -2.30. The number of allylic oxidation sites excluding steroid dienone is 22. The minimum atomic E-state index is -0.826. The number of unbranched alkanes of at least 4 members (excludes halogenated alkanes) is 25. The zero-order chi connectivity index (χ0) is 57.1.